The number of hydrogen-bond acceptors (Lipinski definition) is 7. The molecule has 0 saturated carbocycles. The predicted octanol–water partition coefficient (Wildman–Crippen LogP) is 9.01. The number of hydrogen-bond donors (Lipinski definition) is 1. The second kappa shape index (κ2) is 18.9. The van der Waals surface area contributed by atoms with Gasteiger partial charge in [0, 0.05) is 22.2 Å². The van der Waals surface area contributed by atoms with Crippen LogP contribution in [0.15, 0.2) is 0 Å². The van der Waals surface area contributed by atoms with Gasteiger partial charge < -0.3 is 14.6 Å². The Balaban J connectivity index is 1.74. The van der Waals surface area contributed by atoms with Crippen LogP contribution in [-0.2, 0) is 19.1 Å². The molecule has 0 aromatic carbocycles. The van der Waals surface area contributed by atoms with E-state index in [9.17, 15) is 5.11 Å². The van der Waals surface area contributed by atoms with Crippen molar-refractivity contribution in [2.24, 2.45) is 0 Å². The zero-order chi connectivity index (χ0) is 32.9. The van der Waals surface area contributed by atoms with Crippen molar-refractivity contribution in [2.45, 2.75) is 212 Å². The highest BCUT2D eigenvalue weighted by atomic mass is 16.7. The predicted molar refractivity (Wildman–Crippen MR) is 183 cm³/mol. The van der Waals surface area contributed by atoms with Crippen molar-refractivity contribution in [1.29, 1.82) is 0 Å². The van der Waals surface area contributed by atoms with E-state index in [4.69, 9.17) is 19.1 Å². The van der Waals surface area contributed by atoms with Crippen molar-refractivity contribution in [3.05, 3.63) is 0 Å². The first kappa shape index (κ1) is 39.9. The summed E-state index contributed by atoms with van der Waals surface area (Å²) in [7, 11) is 0. The summed E-state index contributed by atoms with van der Waals surface area (Å²) < 4.78 is 12.7. The molecule has 262 valence electrons. The lowest BCUT2D eigenvalue weighted by Crippen LogP contribution is -2.62. The fourth-order valence-electron chi connectivity index (χ4n) is 7.90. The zero-order valence-corrected chi connectivity index (χ0v) is 30.8. The van der Waals surface area contributed by atoms with Crippen LogP contribution in [0.3, 0.4) is 0 Å². The summed E-state index contributed by atoms with van der Waals surface area (Å²) >= 11 is 0. The number of piperidine rings is 2. The molecule has 44 heavy (non-hydrogen) atoms. The molecule has 2 saturated heterocycles. The molecule has 0 aromatic heterocycles. The van der Waals surface area contributed by atoms with E-state index in [0.717, 1.165) is 51.7 Å². The third-order valence-corrected chi connectivity index (χ3v) is 9.59. The van der Waals surface area contributed by atoms with Crippen molar-refractivity contribution in [3.63, 3.8) is 0 Å². The van der Waals surface area contributed by atoms with Gasteiger partial charge in [-0.3, -0.25) is 9.68 Å². The maximum Gasteiger partial charge on any atom is 0.101 e. The van der Waals surface area contributed by atoms with Gasteiger partial charge in [-0.1, -0.05) is 78.1 Å². The molecular formula is C37H74N2O5. The molecule has 0 atom stereocenters. The van der Waals surface area contributed by atoms with Crippen LogP contribution >= 0.6 is 0 Å². The fraction of sp³-hybridized carbons (Fsp3) is 1.00. The topological polar surface area (TPSA) is 63.6 Å². The average molecular weight is 627 g/mol. The van der Waals surface area contributed by atoms with Crippen molar-refractivity contribution < 1.29 is 24.3 Å². The molecule has 1 N–H and O–H groups in total. The highest BCUT2D eigenvalue weighted by molar-refractivity contribution is 4.98. The Morgan fingerprint density at radius 3 is 1.14 bits per heavy atom. The minimum atomic E-state index is -0.642. The van der Waals surface area contributed by atoms with Crippen LogP contribution in [0.2, 0.25) is 0 Å². The molecule has 2 heterocycles. The maximum absolute atomic E-state index is 10.9. The van der Waals surface area contributed by atoms with E-state index < -0.39 is 6.10 Å². The summed E-state index contributed by atoms with van der Waals surface area (Å²) in [5, 5.41) is 15.3. The summed E-state index contributed by atoms with van der Waals surface area (Å²) in [6.45, 7) is 24.6. The fourth-order valence-corrected chi connectivity index (χ4v) is 7.90. The Hall–Kier alpha value is -0.280. The number of hydroxylamine groups is 4. The molecule has 0 unspecified atom stereocenters. The van der Waals surface area contributed by atoms with Crippen molar-refractivity contribution >= 4 is 0 Å². The summed E-state index contributed by atoms with van der Waals surface area (Å²) in [4.78, 5) is 12.8. The van der Waals surface area contributed by atoms with Crippen molar-refractivity contribution in [3.8, 4) is 0 Å². The van der Waals surface area contributed by atoms with Gasteiger partial charge in [-0.25, -0.2) is 0 Å². The van der Waals surface area contributed by atoms with Crippen LogP contribution in [0.1, 0.15) is 172 Å². The molecule has 0 bridgehead atoms. The SMILES string of the molecule is CCCCCCCCON1C(C)(C)CC(OCC(O)COC2CC(C)(C)N(OCCCCCCCC)C(C)(C)C2)CC1(C)C. The lowest BCUT2D eigenvalue weighted by Gasteiger charge is -2.53. The first-order chi connectivity index (χ1) is 20.6. The van der Waals surface area contributed by atoms with Crippen LogP contribution in [0.4, 0.5) is 0 Å². The summed E-state index contributed by atoms with van der Waals surface area (Å²) in [5.74, 6) is 0. The number of ether oxygens (including phenoxy) is 2. The number of nitrogens with zero attached hydrogens (tertiary/aromatic N) is 2. The molecule has 0 radical (unpaired) electrons. The minimum Gasteiger partial charge on any atom is -0.388 e. The van der Waals surface area contributed by atoms with E-state index in [-0.39, 0.29) is 34.4 Å². The van der Waals surface area contributed by atoms with Gasteiger partial charge in [0.1, 0.15) is 6.10 Å². The monoisotopic (exact) mass is 627 g/mol. The van der Waals surface area contributed by atoms with Crippen LogP contribution in [0, 0.1) is 0 Å². The third kappa shape index (κ3) is 13.4. The average Bonchev–Trinajstić information content (AvgIpc) is 2.91. The first-order valence-corrected chi connectivity index (χ1v) is 18.4. The number of rotatable bonds is 22. The molecule has 0 aliphatic carbocycles. The highest BCUT2D eigenvalue weighted by Crippen LogP contribution is 2.41. The van der Waals surface area contributed by atoms with Crippen LogP contribution in [0.5, 0.6) is 0 Å². The minimum absolute atomic E-state index is 0.0773. The van der Waals surface area contributed by atoms with Crippen LogP contribution < -0.4 is 0 Å². The third-order valence-electron chi connectivity index (χ3n) is 9.59. The quantitative estimate of drug-likeness (QED) is 0.120. The van der Waals surface area contributed by atoms with Crippen LogP contribution in [0.25, 0.3) is 0 Å². The summed E-state index contributed by atoms with van der Waals surface area (Å²) in [5.41, 5.74) is -0.562. The second-order valence-corrected chi connectivity index (χ2v) is 16.4. The second-order valence-electron chi connectivity index (χ2n) is 16.4. The van der Waals surface area contributed by atoms with Gasteiger partial charge in [-0.2, -0.15) is 10.1 Å². The van der Waals surface area contributed by atoms with Gasteiger partial charge in [0.15, 0.2) is 0 Å². The molecule has 2 rings (SSSR count). The van der Waals surface area contributed by atoms with Gasteiger partial charge in [-0.15, -0.1) is 0 Å². The van der Waals surface area contributed by atoms with E-state index in [2.05, 4.69) is 79.4 Å². The van der Waals surface area contributed by atoms with E-state index in [1.165, 1.54) is 64.2 Å². The molecule has 2 fully saturated rings. The lowest BCUT2D eigenvalue weighted by atomic mass is 9.80. The van der Waals surface area contributed by atoms with Gasteiger partial charge in [0.05, 0.1) is 38.6 Å². The van der Waals surface area contributed by atoms with E-state index in [0.29, 0.717) is 13.2 Å². The van der Waals surface area contributed by atoms with E-state index >= 15 is 0 Å². The van der Waals surface area contributed by atoms with Gasteiger partial charge in [0.2, 0.25) is 0 Å². The summed E-state index contributed by atoms with van der Waals surface area (Å²) in [6, 6.07) is 0. The normalized spacial score (nSPS) is 22.6. The zero-order valence-electron chi connectivity index (χ0n) is 30.8. The Labute approximate surface area is 273 Å². The molecule has 2 aliphatic rings. The van der Waals surface area contributed by atoms with Crippen molar-refractivity contribution in [2.75, 3.05) is 26.4 Å². The molecule has 0 spiro atoms. The molecule has 0 aromatic rings. The number of aliphatic hydroxyl groups is 1. The molecule has 7 nitrogen and oxygen atoms in total. The first-order valence-electron chi connectivity index (χ1n) is 18.4. The van der Waals surface area contributed by atoms with Crippen LogP contribution in [-0.4, -0.2) is 82.1 Å². The summed E-state index contributed by atoms with van der Waals surface area (Å²) in [6.07, 6.45) is 18.2. The van der Waals surface area contributed by atoms with E-state index in [1.807, 2.05) is 0 Å². The van der Waals surface area contributed by atoms with Gasteiger partial charge in [0.25, 0.3) is 0 Å². The largest absolute Gasteiger partial charge is 0.388 e. The van der Waals surface area contributed by atoms with Crippen molar-refractivity contribution in [1.82, 2.24) is 10.1 Å². The van der Waals surface area contributed by atoms with Gasteiger partial charge in [-0.05, 0) is 93.9 Å². The Morgan fingerprint density at radius 1 is 0.523 bits per heavy atom. The number of unbranched alkanes of at least 4 members (excludes halogenated alkanes) is 10. The Kier molecular flexibility index (Phi) is 17.1. The molecule has 0 amide bonds. The van der Waals surface area contributed by atoms with E-state index in [1.54, 1.807) is 0 Å². The molecule has 7 heteroatoms. The smallest absolute Gasteiger partial charge is 0.101 e. The standard InChI is InChI=1S/C37H74N2O5/c1-11-13-15-17-19-21-23-43-38-34(3,4)25-32(26-35(38,5)6)41-29-31(40)30-42-33-27-36(7,8)39(37(9,10)28-33)44-24-22-20-18-16-14-12-2/h31-33,40H,11-30H2,1-10H3. The molecule has 2 aliphatic heterocycles. The lowest BCUT2D eigenvalue weighted by molar-refractivity contribution is -0.298. The number of aliphatic hydroxyl groups excluding tert-OH is 1. The highest BCUT2D eigenvalue weighted by Gasteiger charge is 2.48. The van der Waals surface area contributed by atoms with Gasteiger partial charge >= 0.3 is 0 Å². The Morgan fingerprint density at radius 2 is 0.818 bits per heavy atom. The molecular weight excluding hydrogens is 552 g/mol. The Bertz CT molecular complexity index is 673. The maximum atomic E-state index is 10.9.